The molecule has 0 aliphatic rings. The Morgan fingerprint density at radius 2 is 1.95 bits per heavy atom. The van der Waals surface area contributed by atoms with E-state index >= 15 is 0 Å². The summed E-state index contributed by atoms with van der Waals surface area (Å²) in [5.41, 5.74) is 10.9. The van der Waals surface area contributed by atoms with Crippen molar-refractivity contribution < 1.29 is 18.0 Å². The average Bonchev–Trinajstić information content (AvgIpc) is 2.34. The van der Waals surface area contributed by atoms with Gasteiger partial charge in [0.25, 0.3) is 5.91 Å². The molecule has 0 aromatic rings. The van der Waals surface area contributed by atoms with Crippen LogP contribution in [0.15, 0.2) is 0 Å². The summed E-state index contributed by atoms with van der Waals surface area (Å²) in [6.45, 7) is 2.13. The molecule has 0 aromatic carbocycles. The predicted octanol–water partition coefficient (Wildman–Crippen LogP) is -0.792. The van der Waals surface area contributed by atoms with Crippen LogP contribution in [0, 0.1) is 0 Å². The molecule has 7 nitrogen and oxygen atoms in total. The standard InChI is InChI=1S/C11H23N3O4S/c1-3-10(13)11(16)14(19(2,17)18)9(8-15)6-4-5-7-12/h8-10H,3-7,12-13H2,1-2H3/t9-,10?/m1/s1. The molecule has 0 radical (unpaired) electrons. The van der Waals surface area contributed by atoms with E-state index in [1.54, 1.807) is 6.92 Å². The highest BCUT2D eigenvalue weighted by atomic mass is 32.2. The summed E-state index contributed by atoms with van der Waals surface area (Å²) in [7, 11) is -3.83. The van der Waals surface area contributed by atoms with E-state index in [9.17, 15) is 18.0 Å². The van der Waals surface area contributed by atoms with Crippen LogP contribution in [0.5, 0.6) is 0 Å². The fraction of sp³-hybridized carbons (Fsp3) is 0.818. The highest BCUT2D eigenvalue weighted by Gasteiger charge is 2.33. The van der Waals surface area contributed by atoms with E-state index in [2.05, 4.69) is 0 Å². The van der Waals surface area contributed by atoms with Crippen molar-refractivity contribution in [3.05, 3.63) is 0 Å². The number of unbranched alkanes of at least 4 members (excludes halogenated alkanes) is 1. The Hall–Kier alpha value is -0.990. The van der Waals surface area contributed by atoms with Gasteiger partial charge in [-0.15, -0.1) is 0 Å². The Morgan fingerprint density at radius 1 is 1.37 bits per heavy atom. The van der Waals surface area contributed by atoms with Crippen LogP contribution in [0.25, 0.3) is 0 Å². The molecule has 0 aliphatic heterocycles. The van der Waals surface area contributed by atoms with Crippen molar-refractivity contribution in [1.29, 1.82) is 0 Å². The summed E-state index contributed by atoms with van der Waals surface area (Å²) >= 11 is 0. The van der Waals surface area contributed by atoms with Crippen molar-refractivity contribution >= 4 is 22.2 Å². The number of nitrogens with two attached hydrogens (primary N) is 2. The highest BCUT2D eigenvalue weighted by molar-refractivity contribution is 7.88. The molecule has 8 heteroatoms. The fourth-order valence-corrected chi connectivity index (χ4v) is 2.76. The van der Waals surface area contributed by atoms with Gasteiger partial charge in [-0.05, 0) is 32.2 Å². The summed E-state index contributed by atoms with van der Waals surface area (Å²) in [6, 6.07) is -1.93. The van der Waals surface area contributed by atoms with Gasteiger partial charge in [0.1, 0.15) is 12.3 Å². The third kappa shape index (κ3) is 5.66. The number of nitrogens with zero attached hydrogens (tertiary/aromatic N) is 1. The molecule has 19 heavy (non-hydrogen) atoms. The maximum Gasteiger partial charge on any atom is 0.253 e. The van der Waals surface area contributed by atoms with Crippen molar-refractivity contribution in [3.63, 3.8) is 0 Å². The van der Waals surface area contributed by atoms with Gasteiger partial charge in [0, 0.05) is 0 Å². The molecular weight excluding hydrogens is 270 g/mol. The second-order valence-electron chi connectivity index (χ2n) is 4.40. The summed E-state index contributed by atoms with van der Waals surface area (Å²) < 4.78 is 24.0. The normalized spacial score (nSPS) is 14.7. The van der Waals surface area contributed by atoms with Gasteiger partial charge in [-0.1, -0.05) is 6.92 Å². The minimum Gasteiger partial charge on any atom is -0.330 e. The second kappa shape index (κ2) is 8.23. The van der Waals surface area contributed by atoms with Crippen molar-refractivity contribution in [2.75, 3.05) is 12.8 Å². The van der Waals surface area contributed by atoms with Gasteiger partial charge in [0.05, 0.1) is 12.3 Å². The van der Waals surface area contributed by atoms with Crippen LogP contribution >= 0.6 is 0 Å². The summed E-state index contributed by atoms with van der Waals surface area (Å²) in [5, 5.41) is 0. The third-order valence-electron chi connectivity index (χ3n) is 2.74. The van der Waals surface area contributed by atoms with Crippen molar-refractivity contribution in [2.24, 2.45) is 11.5 Å². The lowest BCUT2D eigenvalue weighted by molar-refractivity contribution is -0.132. The topological polar surface area (TPSA) is 124 Å². The van der Waals surface area contributed by atoms with E-state index in [1.165, 1.54) is 0 Å². The first kappa shape index (κ1) is 18.0. The van der Waals surface area contributed by atoms with Gasteiger partial charge in [-0.25, -0.2) is 12.7 Å². The van der Waals surface area contributed by atoms with Gasteiger partial charge in [0.2, 0.25) is 10.0 Å². The molecule has 0 saturated heterocycles. The number of amides is 1. The molecule has 0 saturated carbocycles. The summed E-state index contributed by atoms with van der Waals surface area (Å²) in [6.07, 6.45) is 3.16. The van der Waals surface area contributed by atoms with Gasteiger partial charge in [-0.3, -0.25) is 4.79 Å². The Balaban J connectivity index is 5.12. The second-order valence-corrected chi connectivity index (χ2v) is 6.26. The van der Waals surface area contributed by atoms with Crippen molar-refractivity contribution in [1.82, 2.24) is 4.31 Å². The number of carbonyl (C=O) groups excluding carboxylic acids is 2. The molecule has 0 aromatic heterocycles. The van der Waals surface area contributed by atoms with Gasteiger partial charge < -0.3 is 16.3 Å². The van der Waals surface area contributed by atoms with Crippen LogP contribution in [0.4, 0.5) is 0 Å². The molecule has 2 atom stereocenters. The van der Waals surface area contributed by atoms with E-state index < -0.39 is 28.0 Å². The molecular formula is C11H23N3O4S. The van der Waals surface area contributed by atoms with Crippen molar-refractivity contribution in [2.45, 2.75) is 44.7 Å². The molecule has 1 amide bonds. The minimum absolute atomic E-state index is 0.260. The molecule has 0 heterocycles. The third-order valence-corrected chi connectivity index (χ3v) is 3.91. The van der Waals surface area contributed by atoms with E-state index in [4.69, 9.17) is 11.5 Å². The van der Waals surface area contributed by atoms with Crippen LogP contribution < -0.4 is 11.5 Å². The smallest absolute Gasteiger partial charge is 0.253 e. The molecule has 0 bridgehead atoms. The lowest BCUT2D eigenvalue weighted by Gasteiger charge is -2.28. The zero-order valence-corrected chi connectivity index (χ0v) is 12.2. The lowest BCUT2D eigenvalue weighted by Crippen LogP contribution is -2.51. The first-order valence-corrected chi connectivity index (χ1v) is 8.08. The molecule has 112 valence electrons. The predicted molar refractivity (Wildman–Crippen MR) is 72.7 cm³/mol. The number of sulfonamides is 1. The van der Waals surface area contributed by atoms with Crippen LogP contribution in [-0.4, -0.2) is 49.8 Å². The van der Waals surface area contributed by atoms with Crippen LogP contribution in [-0.2, 0) is 19.6 Å². The number of rotatable bonds is 9. The fourth-order valence-electron chi connectivity index (χ4n) is 1.65. The van der Waals surface area contributed by atoms with Crippen LogP contribution in [0.2, 0.25) is 0 Å². The maximum absolute atomic E-state index is 12.0. The lowest BCUT2D eigenvalue weighted by atomic mass is 10.1. The molecule has 0 fully saturated rings. The maximum atomic E-state index is 12.0. The largest absolute Gasteiger partial charge is 0.330 e. The Morgan fingerprint density at radius 3 is 2.32 bits per heavy atom. The van der Waals surface area contributed by atoms with Crippen LogP contribution in [0.3, 0.4) is 0 Å². The highest BCUT2D eigenvalue weighted by Crippen LogP contribution is 2.13. The molecule has 0 aliphatic carbocycles. The van der Waals surface area contributed by atoms with E-state index in [0.717, 1.165) is 6.26 Å². The summed E-state index contributed by atoms with van der Waals surface area (Å²) in [4.78, 5) is 23.1. The zero-order chi connectivity index (χ0) is 15.1. The Labute approximate surface area is 114 Å². The number of hydrogen-bond donors (Lipinski definition) is 2. The monoisotopic (exact) mass is 293 g/mol. The summed E-state index contributed by atoms with van der Waals surface area (Å²) in [5.74, 6) is -0.741. The zero-order valence-electron chi connectivity index (χ0n) is 11.4. The molecule has 1 unspecified atom stereocenters. The van der Waals surface area contributed by atoms with Crippen LogP contribution in [0.1, 0.15) is 32.6 Å². The first-order valence-electron chi connectivity index (χ1n) is 6.23. The van der Waals surface area contributed by atoms with Gasteiger partial charge in [-0.2, -0.15) is 0 Å². The van der Waals surface area contributed by atoms with E-state index in [0.29, 0.717) is 36.4 Å². The average molecular weight is 293 g/mol. The SMILES string of the molecule is CCC(N)C(=O)N([C@@H](C=O)CCCCN)S(C)(=O)=O. The Bertz CT molecular complexity index is 397. The van der Waals surface area contributed by atoms with Gasteiger partial charge in [0.15, 0.2) is 0 Å². The molecule has 0 spiro atoms. The number of aldehydes is 1. The van der Waals surface area contributed by atoms with E-state index in [-0.39, 0.29) is 6.42 Å². The van der Waals surface area contributed by atoms with Gasteiger partial charge >= 0.3 is 0 Å². The molecule has 4 N–H and O–H groups in total. The molecule has 0 rings (SSSR count). The number of carbonyl (C=O) groups is 2. The van der Waals surface area contributed by atoms with E-state index in [1.807, 2.05) is 0 Å². The number of hydrogen-bond acceptors (Lipinski definition) is 6. The van der Waals surface area contributed by atoms with Crippen molar-refractivity contribution in [3.8, 4) is 0 Å². The minimum atomic E-state index is -3.83. The quantitative estimate of drug-likeness (QED) is 0.424. The first-order chi connectivity index (χ1) is 8.79. The Kier molecular flexibility index (Phi) is 7.81.